The van der Waals surface area contributed by atoms with Crippen molar-refractivity contribution in [2.75, 3.05) is 6.54 Å². The van der Waals surface area contributed by atoms with Gasteiger partial charge in [0, 0.05) is 12.6 Å². The monoisotopic (exact) mass is 129 g/mol. The van der Waals surface area contributed by atoms with Crippen LogP contribution in [0.4, 0.5) is 4.79 Å². The summed E-state index contributed by atoms with van der Waals surface area (Å²) >= 11 is 0. The van der Waals surface area contributed by atoms with Gasteiger partial charge in [-0.3, -0.25) is 0 Å². The number of carbonyl (C=O) groups is 1. The molecule has 3 nitrogen and oxygen atoms in total. The molecule has 9 heavy (non-hydrogen) atoms. The van der Waals surface area contributed by atoms with Gasteiger partial charge in [-0.25, -0.2) is 4.79 Å². The molecular formula is C6H11NO2. The smallest absolute Gasteiger partial charge is 0.407 e. The van der Waals surface area contributed by atoms with Crippen molar-refractivity contribution >= 4 is 6.09 Å². The molecule has 0 aromatic carbocycles. The molecule has 0 aromatic heterocycles. The molecule has 1 fully saturated rings. The Hall–Kier alpha value is -0.730. The summed E-state index contributed by atoms with van der Waals surface area (Å²) in [7, 11) is 0. The van der Waals surface area contributed by atoms with E-state index in [0.717, 1.165) is 19.4 Å². The minimum absolute atomic E-state index is 0.238. The molecular weight excluding hydrogens is 118 g/mol. The lowest BCUT2D eigenvalue weighted by molar-refractivity contribution is 0.143. The van der Waals surface area contributed by atoms with Crippen molar-refractivity contribution < 1.29 is 9.90 Å². The number of amides is 1. The molecule has 0 unspecified atom stereocenters. The molecule has 0 aromatic rings. The minimum Gasteiger partial charge on any atom is -0.465 e. The fourth-order valence-corrected chi connectivity index (χ4v) is 1.22. The lowest BCUT2D eigenvalue weighted by Crippen LogP contribution is -2.31. The first kappa shape index (κ1) is 6.39. The molecule has 1 aliphatic rings. The van der Waals surface area contributed by atoms with Crippen LogP contribution in [0.5, 0.6) is 0 Å². The number of carboxylic acid groups (broad SMARTS) is 1. The highest BCUT2D eigenvalue weighted by atomic mass is 16.4. The molecule has 1 atom stereocenters. The van der Waals surface area contributed by atoms with E-state index in [1.807, 2.05) is 6.92 Å². The molecule has 52 valence electrons. The predicted octanol–water partition coefficient (Wildman–Crippen LogP) is 1.15. The van der Waals surface area contributed by atoms with Crippen LogP contribution in [-0.2, 0) is 0 Å². The maximum Gasteiger partial charge on any atom is 0.407 e. The fourth-order valence-electron chi connectivity index (χ4n) is 1.22. The highest BCUT2D eigenvalue weighted by Gasteiger charge is 2.23. The number of likely N-dealkylation sites (tertiary alicyclic amines) is 1. The van der Waals surface area contributed by atoms with Crippen molar-refractivity contribution in [1.29, 1.82) is 0 Å². The largest absolute Gasteiger partial charge is 0.465 e. The van der Waals surface area contributed by atoms with Crippen molar-refractivity contribution in [1.82, 2.24) is 4.90 Å². The summed E-state index contributed by atoms with van der Waals surface area (Å²) in [5, 5.41) is 8.51. The average molecular weight is 129 g/mol. The lowest BCUT2D eigenvalue weighted by atomic mass is 10.2. The van der Waals surface area contributed by atoms with E-state index in [1.54, 1.807) is 0 Å². The zero-order valence-electron chi connectivity index (χ0n) is 5.50. The maximum atomic E-state index is 10.3. The van der Waals surface area contributed by atoms with Crippen molar-refractivity contribution in [2.45, 2.75) is 25.8 Å². The second-order valence-electron chi connectivity index (χ2n) is 2.47. The summed E-state index contributed by atoms with van der Waals surface area (Å²) < 4.78 is 0. The SMILES string of the molecule is C[C@@H]1CCCN1C(=O)O. The number of hydrogen-bond donors (Lipinski definition) is 1. The molecule has 0 saturated carbocycles. The van der Waals surface area contributed by atoms with Crippen molar-refractivity contribution in [2.24, 2.45) is 0 Å². The molecule has 0 spiro atoms. The van der Waals surface area contributed by atoms with Gasteiger partial charge in [-0.1, -0.05) is 0 Å². The number of rotatable bonds is 0. The maximum absolute atomic E-state index is 10.3. The molecule has 1 amide bonds. The molecule has 3 heteroatoms. The van der Waals surface area contributed by atoms with E-state index in [4.69, 9.17) is 5.11 Å². The Labute approximate surface area is 54.3 Å². The van der Waals surface area contributed by atoms with Gasteiger partial charge in [-0.2, -0.15) is 0 Å². The van der Waals surface area contributed by atoms with Crippen molar-refractivity contribution in [3.8, 4) is 0 Å². The van der Waals surface area contributed by atoms with Gasteiger partial charge in [0.2, 0.25) is 0 Å². The summed E-state index contributed by atoms with van der Waals surface area (Å²) in [6, 6.07) is 0.238. The molecule has 0 aliphatic carbocycles. The van der Waals surface area contributed by atoms with Crippen molar-refractivity contribution in [3.05, 3.63) is 0 Å². The zero-order valence-corrected chi connectivity index (χ0v) is 5.50. The molecule has 0 bridgehead atoms. The van der Waals surface area contributed by atoms with Crippen LogP contribution in [0.3, 0.4) is 0 Å². The van der Waals surface area contributed by atoms with E-state index >= 15 is 0 Å². The summed E-state index contributed by atoms with van der Waals surface area (Å²) in [6.45, 7) is 2.66. The zero-order chi connectivity index (χ0) is 6.85. The molecule has 1 heterocycles. The van der Waals surface area contributed by atoms with Gasteiger partial charge in [-0.05, 0) is 19.8 Å². The third-order valence-corrected chi connectivity index (χ3v) is 1.80. The van der Waals surface area contributed by atoms with Crippen molar-refractivity contribution in [3.63, 3.8) is 0 Å². The third kappa shape index (κ3) is 1.15. The quantitative estimate of drug-likeness (QED) is 0.533. The van der Waals surface area contributed by atoms with E-state index in [2.05, 4.69) is 0 Å². The Kier molecular flexibility index (Phi) is 1.60. The first-order chi connectivity index (χ1) is 4.22. The summed E-state index contributed by atoms with van der Waals surface area (Å²) in [5.74, 6) is 0. The third-order valence-electron chi connectivity index (χ3n) is 1.80. The van der Waals surface area contributed by atoms with Crippen LogP contribution in [0.15, 0.2) is 0 Å². The second-order valence-corrected chi connectivity index (χ2v) is 2.47. The van der Waals surface area contributed by atoms with Crippen LogP contribution in [0.25, 0.3) is 0 Å². The van der Waals surface area contributed by atoms with E-state index in [0.29, 0.717) is 0 Å². The number of nitrogens with zero attached hydrogens (tertiary/aromatic N) is 1. The molecule has 1 N–H and O–H groups in total. The second kappa shape index (κ2) is 2.25. The van der Waals surface area contributed by atoms with Gasteiger partial charge >= 0.3 is 6.09 Å². The van der Waals surface area contributed by atoms with Gasteiger partial charge in [0.05, 0.1) is 0 Å². The highest BCUT2D eigenvalue weighted by molar-refractivity contribution is 5.65. The Morgan fingerprint density at radius 3 is 2.67 bits per heavy atom. The van der Waals surface area contributed by atoms with E-state index in [1.165, 1.54) is 4.90 Å². The fraction of sp³-hybridized carbons (Fsp3) is 0.833. The molecule has 1 aliphatic heterocycles. The van der Waals surface area contributed by atoms with Gasteiger partial charge in [0.1, 0.15) is 0 Å². The van der Waals surface area contributed by atoms with E-state index < -0.39 is 6.09 Å². The predicted molar refractivity (Wildman–Crippen MR) is 33.4 cm³/mol. The summed E-state index contributed by atoms with van der Waals surface area (Å²) in [5.41, 5.74) is 0. The van der Waals surface area contributed by atoms with Crippen LogP contribution in [0.2, 0.25) is 0 Å². The average Bonchev–Trinajstić information content (AvgIpc) is 2.13. The van der Waals surface area contributed by atoms with Crippen LogP contribution >= 0.6 is 0 Å². The Morgan fingerprint density at radius 2 is 2.44 bits per heavy atom. The van der Waals surface area contributed by atoms with Gasteiger partial charge in [0.15, 0.2) is 0 Å². The Morgan fingerprint density at radius 1 is 1.78 bits per heavy atom. The van der Waals surface area contributed by atoms with E-state index in [-0.39, 0.29) is 6.04 Å². The Bertz CT molecular complexity index is 124. The van der Waals surface area contributed by atoms with Gasteiger partial charge in [-0.15, -0.1) is 0 Å². The molecule has 1 saturated heterocycles. The minimum atomic E-state index is -0.778. The van der Waals surface area contributed by atoms with Crippen LogP contribution < -0.4 is 0 Å². The summed E-state index contributed by atoms with van der Waals surface area (Å²) in [4.78, 5) is 11.8. The van der Waals surface area contributed by atoms with Crippen LogP contribution in [0, 0.1) is 0 Å². The normalized spacial score (nSPS) is 26.8. The lowest BCUT2D eigenvalue weighted by Gasteiger charge is -2.16. The highest BCUT2D eigenvalue weighted by Crippen LogP contribution is 2.15. The summed E-state index contributed by atoms with van der Waals surface area (Å²) in [6.07, 6.45) is 1.26. The standard InChI is InChI=1S/C6H11NO2/c1-5-3-2-4-7(5)6(8)9/h5H,2-4H2,1H3,(H,8,9)/t5-/m1/s1. The van der Waals surface area contributed by atoms with Gasteiger partial charge < -0.3 is 10.0 Å². The topological polar surface area (TPSA) is 40.5 Å². The first-order valence-corrected chi connectivity index (χ1v) is 3.21. The Balaban J connectivity index is 2.49. The first-order valence-electron chi connectivity index (χ1n) is 3.21. The van der Waals surface area contributed by atoms with Gasteiger partial charge in [0.25, 0.3) is 0 Å². The van der Waals surface area contributed by atoms with Crippen LogP contribution in [-0.4, -0.2) is 28.7 Å². The molecule has 0 radical (unpaired) electrons. The molecule has 1 rings (SSSR count). The van der Waals surface area contributed by atoms with Crippen LogP contribution in [0.1, 0.15) is 19.8 Å². The van der Waals surface area contributed by atoms with E-state index in [9.17, 15) is 4.79 Å². The number of hydrogen-bond acceptors (Lipinski definition) is 1.